The first-order valence-electron chi connectivity index (χ1n) is 17.6. The number of aromatic nitrogens is 4. The molecule has 0 saturated heterocycles. The molecule has 8 aromatic rings. The van der Waals surface area contributed by atoms with Crippen molar-refractivity contribution < 1.29 is 99.8 Å². The molecule has 0 spiro atoms. The van der Waals surface area contributed by atoms with E-state index in [9.17, 15) is 40.6 Å². The maximum Gasteiger partial charge on any atom is 1.00 e. The van der Waals surface area contributed by atoms with Crippen molar-refractivity contribution in [3.63, 3.8) is 0 Å². The molecule has 8 rings (SSSR count). The van der Waals surface area contributed by atoms with Crippen molar-refractivity contribution in [2.45, 2.75) is 9.79 Å². The third-order valence-corrected chi connectivity index (χ3v) is 10.8. The predicted molar refractivity (Wildman–Crippen MR) is 220 cm³/mol. The molecule has 0 aliphatic rings. The normalized spacial score (nSPS) is 11.7. The van der Waals surface area contributed by atoms with E-state index in [2.05, 4.69) is 40.9 Å². The van der Waals surface area contributed by atoms with Gasteiger partial charge in [0, 0.05) is 39.3 Å². The summed E-state index contributed by atoms with van der Waals surface area (Å²) in [6, 6.07) is 32.8. The summed E-state index contributed by atoms with van der Waals surface area (Å²) in [6.45, 7) is 0. The molecule has 0 aliphatic heterocycles. The minimum Gasteiger partial charge on any atom is -0.846 e. The molecule has 300 valence electrons. The van der Waals surface area contributed by atoms with Gasteiger partial charge in [0.2, 0.25) is 0 Å². The van der Waals surface area contributed by atoms with E-state index in [1.165, 1.54) is 36.4 Å². The van der Waals surface area contributed by atoms with Crippen LogP contribution >= 0.6 is 0 Å². The van der Waals surface area contributed by atoms with E-state index in [0.717, 1.165) is 12.1 Å². The Morgan fingerprint density at radius 2 is 1.06 bits per heavy atom. The van der Waals surface area contributed by atoms with E-state index < -0.39 is 43.0 Å². The smallest absolute Gasteiger partial charge is 0.846 e. The predicted octanol–water partition coefficient (Wildman–Crippen LogP) is -0.103. The van der Waals surface area contributed by atoms with Crippen molar-refractivity contribution in [3.05, 3.63) is 145 Å². The van der Waals surface area contributed by atoms with Crippen molar-refractivity contribution in [1.29, 1.82) is 0 Å². The summed E-state index contributed by atoms with van der Waals surface area (Å²) in [5, 5.41) is 21.2. The molecule has 0 unspecified atom stereocenters. The molecule has 6 aromatic carbocycles. The average Bonchev–Trinajstić information content (AvgIpc) is 3.85. The van der Waals surface area contributed by atoms with E-state index in [4.69, 9.17) is 0 Å². The molecule has 2 amide bonds. The van der Waals surface area contributed by atoms with E-state index in [-0.39, 0.29) is 64.0 Å². The molecule has 0 fully saturated rings. The molecule has 17 nitrogen and oxygen atoms in total. The summed E-state index contributed by atoms with van der Waals surface area (Å²) in [5.74, 6) is 0.0291. The summed E-state index contributed by atoms with van der Waals surface area (Å²) in [6.07, 6.45) is 0. The first kappa shape index (κ1) is 45.8. The van der Waals surface area contributed by atoms with Gasteiger partial charge in [-0.05, 0) is 109 Å². The summed E-state index contributed by atoms with van der Waals surface area (Å²) in [7, 11) is -8.98. The number of benzene rings is 6. The van der Waals surface area contributed by atoms with Crippen molar-refractivity contribution in [2.24, 2.45) is 4.99 Å². The fourth-order valence-electron chi connectivity index (χ4n) is 6.13. The minimum atomic E-state index is -4.62. The number of aliphatic imine (C=N–C) groups is 1. The zero-order chi connectivity index (χ0) is 42.2. The van der Waals surface area contributed by atoms with Crippen LogP contribution in [0.5, 0.6) is 0 Å². The Balaban J connectivity index is 0.00000321. The van der Waals surface area contributed by atoms with Crippen LogP contribution in [0, 0.1) is 0 Å². The van der Waals surface area contributed by atoms with Crippen LogP contribution in [0.1, 0.15) is 20.7 Å². The fourth-order valence-corrected chi connectivity index (χ4v) is 7.08. The fraction of sp³-hybridized carbons (Fsp3) is 0. The van der Waals surface area contributed by atoms with E-state index in [0.29, 0.717) is 78.7 Å². The molecule has 0 aliphatic carbocycles. The number of amides is 2. The van der Waals surface area contributed by atoms with Crippen molar-refractivity contribution in [3.8, 4) is 22.8 Å². The Bertz CT molecular complexity index is 3250. The van der Waals surface area contributed by atoms with Crippen LogP contribution in [-0.2, 0) is 20.2 Å². The molecule has 0 atom stereocenters. The molecule has 62 heavy (non-hydrogen) atoms. The van der Waals surface area contributed by atoms with Gasteiger partial charge in [0.1, 0.15) is 21.8 Å². The number of anilines is 3. The second kappa shape index (κ2) is 18.7. The second-order valence-corrected chi connectivity index (χ2v) is 16.0. The van der Waals surface area contributed by atoms with Crippen LogP contribution in [0.3, 0.4) is 0 Å². The van der Waals surface area contributed by atoms with Crippen molar-refractivity contribution >= 4 is 82.9 Å². The van der Waals surface area contributed by atoms with Crippen molar-refractivity contribution in [2.75, 3.05) is 16.0 Å². The summed E-state index contributed by atoms with van der Waals surface area (Å²) in [5.41, 5.74) is 5.60. The molecular weight excluding hydrogens is 859 g/mol. The molecule has 21 heteroatoms. The third-order valence-electron chi connectivity index (χ3n) is 9.04. The number of hydrogen-bond donors (Lipinski definition) is 6. The average molecular weight is 887 g/mol. The van der Waals surface area contributed by atoms with Gasteiger partial charge in [0.25, 0.3) is 21.9 Å². The molecule has 2 aromatic heterocycles. The van der Waals surface area contributed by atoms with Crippen LogP contribution in [0.2, 0.25) is 0 Å². The maximum absolute atomic E-state index is 13.1. The van der Waals surface area contributed by atoms with Crippen molar-refractivity contribution in [1.82, 2.24) is 19.9 Å². The molecular formula is C41H28N8Na2O9S2. The number of H-pyrrole nitrogens is 2. The monoisotopic (exact) mass is 886 g/mol. The third kappa shape index (κ3) is 10.7. The van der Waals surface area contributed by atoms with Gasteiger partial charge in [-0.2, -0.15) is 8.42 Å². The standard InChI is InChI=1S/C41H30N8O9S2.2Na/c50-39(42-27-9-13-31(14-10-27)59(53,54)55)25-7-17-33-35(21-25)48-37(46-33)23-3-1-5-29(19-23)44-41(52)45-30-6-2-4-24(20-30)38-47-34-18-8-26(22-36(34)49-38)40(51)43-28-11-15-32(16-12-28)60(56,57)58;;/h1-22H,(H,42,50)(H,43,51)(H,46,48)(H,47,49)(H2,44,45,52)(H,53,54,55)(H,56,57,58);;/q;2*+1/p-2. The summed E-state index contributed by atoms with van der Waals surface area (Å²) in [4.78, 5) is 45.0. The number of carbonyl (C=O) groups is 2. The summed E-state index contributed by atoms with van der Waals surface area (Å²) < 4.78 is 65.4. The number of carbonyl (C=O) groups excluding carboxylic acids is 2. The number of nitrogens with one attached hydrogen (secondary N) is 5. The number of rotatable bonds is 10. The van der Waals surface area contributed by atoms with Gasteiger partial charge >= 0.3 is 59.1 Å². The van der Waals surface area contributed by atoms with Crippen LogP contribution in [0.4, 0.5) is 22.7 Å². The molecule has 0 radical (unpaired) electrons. The zero-order valence-electron chi connectivity index (χ0n) is 32.6. The van der Waals surface area contributed by atoms with Gasteiger partial charge in [0.05, 0.1) is 43.6 Å². The minimum absolute atomic E-state index is 0. The first-order chi connectivity index (χ1) is 28.6. The number of amidine groups is 1. The Labute approximate surface area is 397 Å². The first-order valence-corrected chi connectivity index (χ1v) is 20.5. The second-order valence-electron chi connectivity index (χ2n) is 13.2. The number of aromatic amines is 2. The number of fused-ring (bicyclic) bond motifs is 2. The van der Waals surface area contributed by atoms with Crippen LogP contribution in [-0.4, -0.2) is 63.7 Å². The van der Waals surface area contributed by atoms with Gasteiger partial charge in [-0.15, -0.1) is 0 Å². The SMILES string of the molecule is O=C(Nc1ccc(S(=O)(=O)[O-])cc1)c1ccc2nc(-c3cccc(N=C([O-])Nc4cccc(-c5nc6ccc(C(=O)Nc7ccc(S(=O)(=O)O)cc7)cc6[nH]5)c4)c3)[nH]c2c1.[Na+].[Na+]. The largest absolute Gasteiger partial charge is 1.00 e. The van der Waals surface area contributed by atoms with Crippen LogP contribution in [0.15, 0.2) is 148 Å². The van der Waals surface area contributed by atoms with E-state index in [1.807, 2.05) is 0 Å². The zero-order valence-corrected chi connectivity index (χ0v) is 38.2. The summed E-state index contributed by atoms with van der Waals surface area (Å²) >= 11 is 0. The van der Waals surface area contributed by atoms with Gasteiger partial charge in [-0.1, -0.05) is 24.3 Å². The number of nitrogens with zero attached hydrogens (tertiary/aromatic N) is 3. The Morgan fingerprint density at radius 3 is 1.56 bits per heavy atom. The van der Waals surface area contributed by atoms with E-state index >= 15 is 0 Å². The number of hydrogen-bond acceptors (Lipinski definition) is 11. The van der Waals surface area contributed by atoms with Gasteiger partial charge in [-0.25, -0.2) is 23.4 Å². The quantitative estimate of drug-likeness (QED) is 0.0455. The molecule has 2 heterocycles. The van der Waals surface area contributed by atoms with Gasteiger partial charge < -0.3 is 35.6 Å². The van der Waals surface area contributed by atoms with Crippen LogP contribution < -0.4 is 80.2 Å². The van der Waals surface area contributed by atoms with Crippen LogP contribution in [0.25, 0.3) is 44.8 Å². The number of imidazole rings is 2. The Kier molecular flexibility index (Phi) is 13.8. The Morgan fingerprint density at radius 1 is 0.581 bits per heavy atom. The molecule has 0 bridgehead atoms. The molecule has 6 N–H and O–H groups in total. The van der Waals surface area contributed by atoms with Gasteiger partial charge in [-0.3, -0.25) is 14.1 Å². The molecule has 0 saturated carbocycles. The van der Waals surface area contributed by atoms with Gasteiger partial charge in [0.15, 0.2) is 0 Å². The maximum atomic E-state index is 13.1. The Hall–Kier alpha value is -5.71. The van der Waals surface area contributed by atoms with E-state index in [1.54, 1.807) is 84.9 Å². The topological polar surface area (TPSA) is 275 Å².